The van der Waals surface area contributed by atoms with Crippen molar-refractivity contribution in [1.29, 1.82) is 0 Å². The maximum atomic E-state index is 13.0. The van der Waals surface area contributed by atoms with Crippen LogP contribution in [0.4, 0.5) is 18.9 Å². The summed E-state index contributed by atoms with van der Waals surface area (Å²) in [4.78, 5) is 26.4. The summed E-state index contributed by atoms with van der Waals surface area (Å²) in [6.07, 6.45) is -4.49. The lowest BCUT2D eigenvalue weighted by atomic mass is 10.1. The average Bonchev–Trinajstić information content (AvgIpc) is 3.27. The van der Waals surface area contributed by atoms with Crippen LogP contribution in [0, 0.1) is 0 Å². The van der Waals surface area contributed by atoms with Crippen molar-refractivity contribution in [2.45, 2.75) is 13.1 Å². The first-order valence-corrected chi connectivity index (χ1v) is 9.72. The Hall–Kier alpha value is -3.75. The van der Waals surface area contributed by atoms with Gasteiger partial charge in [-0.3, -0.25) is 9.59 Å². The smallest absolute Gasteiger partial charge is 0.416 e. The molecule has 0 spiro atoms. The number of alkyl halides is 3. The van der Waals surface area contributed by atoms with E-state index < -0.39 is 23.6 Å². The molecule has 3 aromatic rings. The van der Waals surface area contributed by atoms with Crippen molar-refractivity contribution in [3.63, 3.8) is 0 Å². The van der Waals surface area contributed by atoms with E-state index in [1.165, 1.54) is 36.3 Å². The lowest BCUT2D eigenvalue weighted by molar-refractivity contribution is -0.137. The highest BCUT2D eigenvalue weighted by atomic mass is 19.4. The van der Waals surface area contributed by atoms with Crippen molar-refractivity contribution < 1.29 is 31.9 Å². The molecule has 0 aliphatic heterocycles. The lowest BCUT2D eigenvalue weighted by Gasteiger charge is -2.19. The van der Waals surface area contributed by atoms with Gasteiger partial charge in [-0.2, -0.15) is 13.2 Å². The second kappa shape index (κ2) is 9.59. The van der Waals surface area contributed by atoms with Crippen molar-refractivity contribution in [2.75, 3.05) is 25.5 Å². The Bertz CT molecular complexity index is 1110. The average molecular weight is 446 g/mol. The topological polar surface area (TPSA) is 71.8 Å². The van der Waals surface area contributed by atoms with Gasteiger partial charge in [-0.25, -0.2) is 0 Å². The van der Waals surface area contributed by atoms with Crippen LogP contribution in [-0.4, -0.2) is 36.9 Å². The van der Waals surface area contributed by atoms with E-state index in [0.29, 0.717) is 11.4 Å². The third kappa shape index (κ3) is 5.48. The highest BCUT2D eigenvalue weighted by Crippen LogP contribution is 2.32. The zero-order chi connectivity index (χ0) is 23.3. The molecule has 3 rings (SSSR count). The minimum atomic E-state index is -4.49. The molecule has 9 heteroatoms. The number of halogens is 3. The first kappa shape index (κ1) is 22.9. The predicted molar refractivity (Wildman–Crippen MR) is 112 cm³/mol. The van der Waals surface area contributed by atoms with Crippen LogP contribution < -0.4 is 10.1 Å². The number of likely N-dealkylation sites (N-methyl/N-ethyl adjacent to an activating group) is 1. The van der Waals surface area contributed by atoms with Crippen LogP contribution in [0.25, 0.3) is 11.3 Å². The number of nitrogens with zero attached hydrogens (tertiary/aromatic N) is 1. The zero-order valence-electron chi connectivity index (χ0n) is 17.4. The van der Waals surface area contributed by atoms with Crippen LogP contribution in [0.5, 0.6) is 5.75 Å². The number of furan rings is 1. The van der Waals surface area contributed by atoms with Crippen LogP contribution >= 0.6 is 0 Å². The number of carbonyl (C=O) groups excluding carboxylic acids is 2. The second-order valence-electron chi connectivity index (χ2n) is 6.84. The molecule has 0 saturated heterocycles. The molecule has 1 aromatic heterocycles. The number of methoxy groups -OCH3 is 1. The predicted octanol–water partition coefficient (Wildman–Crippen LogP) is 5.07. The Morgan fingerprint density at radius 2 is 1.81 bits per heavy atom. The van der Waals surface area contributed by atoms with E-state index in [-0.39, 0.29) is 30.2 Å². The zero-order valence-corrected chi connectivity index (χ0v) is 17.4. The van der Waals surface area contributed by atoms with E-state index in [4.69, 9.17) is 9.15 Å². The standard InChI is InChI=1S/C23H21F3N2O4/c1-3-28(14-21(29)27-17-8-5-9-18(13-17)31-2)22(30)20-11-10-19(32-20)15-6-4-7-16(12-15)23(24,25)26/h4-13H,3,14H2,1-2H3,(H,27,29). The molecule has 0 bridgehead atoms. The monoisotopic (exact) mass is 446 g/mol. The van der Waals surface area contributed by atoms with Gasteiger partial charge >= 0.3 is 6.18 Å². The fourth-order valence-electron chi connectivity index (χ4n) is 3.01. The summed E-state index contributed by atoms with van der Waals surface area (Å²) < 4.78 is 49.5. The number of hydrogen-bond acceptors (Lipinski definition) is 4. The SMILES string of the molecule is CCN(CC(=O)Nc1cccc(OC)c1)C(=O)c1ccc(-c2cccc(C(F)(F)F)c2)o1. The van der Waals surface area contributed by atoms with Crippen molar-refractivity contribution in [2.24, 2.45) is 0 Å². The fourth-order valence-corrected chi connectivity index (χ4v) is 3.01. The third-order valence-electron chi connectivity index (χ3n) is 4.65. The van der Waals surface area contributed by atoms with Gasteiger partial charge < -0.3 is 19.4 Å². The minimum Gasteiger partial charge on any atom is -0.497 e. The van der Waals surface area contributed by atoms with Crippen molar-refractivity contribution in [3.8, 4) is 17.1 Å². The molecule has 0 radical (unpaired) electrons. The Morgan fingerprint density at radius 1 is 1.06 bits per heavy atom. The number of hydrogen-bond donors (Lipinski definition) is 1. The number of benzene rings is 2. The fraction of sp³-hybridized carbons (Fsp3) is 0.217. The Morgan fingerprint density at radius 3 is 2.50 bits per heavy atom. The van der Waals surface area contributed by atoms with E-state index >= 15 is 0 Å². The molecule has 0 fully saturated rings. The van der Waals surface area contributed by atoms with Gasteiger partial charge in [0.05, 0.1) is 12.7 Å². The van der Waals surface area contributed by atoms with Crippen LogP contribution in [0.2, 0.25) is 0 Å². The van der Waals surface area contributed by atoms with Crippen LogP contribution in [-0.2, 0) is 11.0 Å². The van der Waals surface area contributed by atoms with Gasteiger partial charge in [0.1, 0.15) is 18.1 Å². The largest absolute Gasteiger partial charge is 0.497 e. The summed E-state index contributed by atoms with van der Waals surface area (Å²) in [6, 6.07) is 14.2. The quantitative estimate of drug-likeness (QED) is 0.550. The second-order valence-corrected chi connectivity index (χ2v) is 6.84. The van der Waals surface area contributed by atoms with E-state index in [9.17, 15) is 22.8 Å². The number of rotatable bonds is 7. The van der Waals surface area contributed by atoms with Gasteiger partial charge in [-0.15, -0.1) is 0 Å². The maximum Gasteiger partial charge on any atom is 0.416 e. The maximum absolute atomic E-state index is 13.0. The molecule has 168 valence electrons. The number of anilines is 1. The van der Waals surface area contributed by atoms with E-state index in [0.717, 1.165) is 12.1 Å². The van der Waals surface area contributed by atoms with E-state index in [2.05, 4.69) is 5.32 Å². The lowest BCUT2D eigenvalue weighted by Crippen LogP contribution is -2.37. The Kier molecular flexibility index (Phi) is 6.87. The minimum absolute atomic E-state index is 0.0755. The molecule has 0 saturated carbocycles. The molecule has 0 atom stereocenters. The van der Waals surface area contributed by atoms with Crippen molar-refractivity contribution in [1.82, 2.24) is 4.90 Å². The normalized spacial score (nSPS) is 11.2. The van der Waals surface area contributed by atoms with Crippen molar-refractivity contribution in [3.05, 3.63) is 72.0 Å². The Labute approximate surface area is 182 Å². The molecule has 0 unspecified atom stereocenters. The summed E-state index contributed by atoms with van der Waals surface area (Å²) in [6.45, 7) is 1.70. The number of amides is 2. The molecule has 0 aliphatic rings. The summed E-state index contributed by atoms with van der Waals surface area (Å²) in [5, 5.41) is 2.69. The molecular formula is C23H21F3N2O4. The number of carbonyl (C=O) groups is 2. The molecule has 2 amide bonds. The van der Waals surface area contributed by atoms with Gasteiger partial charge in [0.25, 0.3) is 5.91 Å². The number of ether oxygens (including phenoxy) is 1. The highest BCUT2D eigenvalue weighted by molar-refractivity contribution is 5.98. The first-order chi connectivity index (χ1) is 15.2. The molecule has 32 heavy (non-hydrogen) atoms. The van der Waals surface area contributed by atoms with Gasteiger partial charge in [0.15, 0.2) is 5.76 Å². The van der Waals surface area contributed by atoms with Crippen LogP contribution in [0.15, 0.2) is 65.1 Å². The molecule has 6 nitrogen and oxygen atoms in total. The highest BCUT2D eigenvalue weighted by Gasteiger charge is 2.30. The molecular weight excluding hydrogens is 425 g/mol. The summed E-state index contributed by atoms with van der Waals surface area (Å²) >= 11 is 0. The van der Waals surface area contributed by atoms with Gasteiger partial charge in [0, 0.05) is 23.9 Å². The Balaban J connectivity index is 1.71. The molecule has 1 N–H and O–H groups in total. The first-order valence-electron chi connectivity index (χ1n) is 9.72. The van der Waals surface area contributed by atoms with Crippen LogP contribution in [0.3, 0.4) is 0 Å². The van der Waals surface area contributed by atoms with Gasteiger partial charge in [0.2, 0.25) is 5.91 Å². The van der Waals surface area contributed by atoms with E-state index in [1.54, 1.807) is 31.2 Å². The third-order valence-corrected chi connectivity index (χ3v) is 4.65. The summed E-state index contributed by atoms with van der Waals surface area (Å²) in [5.74, 6) is -0.349. The molecule has 2 aromatic carbocycles. The van der Waals surface area contributed by atoms with Gasteiger partial charge in [-0.05, 0) is 43.3 Å². The summed E-state index contributed by atoms with van der Waals surface area (Å²) in [5.41, 5.74) is -0.107. The van der Waals surface area contributed by atoms with Crippen LogP contribution in [0.1, 0.15) is 23.0 Å². The number of nitrogens with one attached hydrogen (secondary N) is 1. The van der Waals surface area contributed by atoms with Gasteiger partial charge in [-0.1, -0.05) is 18.2 Å². The van der Waals surface area contributed by atoms with Crippen molar-refractivity contribution >= 4 is 17.5 Å². The summed E-state index contributed by atoms with van der Waals surface area (Å²) in [7, 11) is 1.51. The molecule has 0 aliphatic carbocycles. The molecule has 1 heterocycles. The van der Waals surface area contributed by atoms with E-state index in [1.807, 2.05) is 0 Å².